The molecule has 0 bridgehead atoms. The van der Waals surface area contributed by atoms with Gasteiger partial charge in [-0.05, 0) is 37.0 Å². The van der Waals surface area contributed by atoms with Gasteiger partial charge >= 0.3 is 0 Å². The van der Waals surface area contributed by atoms with Crippen molar-refractivity contribution >= 4 is 23.3 Å². The Bertz CT molecular complexity index is 760. The largest absolute Gasteiger partial charge is 0.339 e. The summed E-state index contributed by atoms with van der Waals surface area (Å²) >= 11 is 0. The van der Waals surface area contributed by atoms with Crippen LogP contribution in [0.2, 0.25) is 0 Å². The SMILES string of the molecule is CCc1ccc(NC(=O)C(C#N)C(=O)C2CC(=O)N(C3CCCC3)C2)cc1. The van der Waals surface area contributed by atoms with Gasteiger partial charge in [-0.1, -0.05) is 31.9 Å². The molecule has 1 aromatic carbocycles. The van der Waals surface area contributed by atoms with E-state index < -0.39 is 23.5 Å². The quantitative estimate of drug-likeness (QED) is 0.783. The summed E-state index contributed by atoms with van der Waals surface area (Å²) in [7, 11) is 0. The third-order valence-corrected chi connectivity index (χ3v) is 5.63. The van der Waals surface area contributed by atoms with E-state index in [4.69, 9.17) is 0 Å². The molecule has 2 unspecified atom stereocenters. The number of anilines is 1. The van der Waals surface area contributed by atoms with E-state index in [1.807, 2.05) is 25.1 Å². The number of nitriles is 1. The second-order valence-electron chi connectivity index (χ2n) is 7.39. The fraction of sp³-hybridized carbons (Fsp3) is 0.524. The van der Waals surface area contributed by atoms with Gasteiger partial charge in [-0.15, -0.1) is 0 Å². The summed E-state index contributed by atoms with van der Waals surface area (Å²) in [6.07, 6.45) is 5.15. The van der Waals surface area contributed by atoms with Crippen LogP contribution in [0.1, 0.15) is 44.6 Å². The van der Waals surface area contributed by atoms with Crippen molar-refractivity contribution in [3.63, 3.8) is 0 Å². The molecule has 2 amide bonds. The molecule has 1 saturated heterocycles. The highest BCUT2D eigenvalue weighted by Crippen LogP contribution is 2.31. The van der Waals surface area contributed by atoms with Crippen LogP contribution in [0.4, 0.5) is 5.69 Å². The molecule has 2 fully saturated rings. The second-order valence-corrected chi connectivity index (χ2v) is 7.39. The van der Waals surface area contributed by atoms with Crippen molar-refractivity contribution in [2.45, 2.75) is 51.5 Å². The Kier molecular flexibility index (Phi) is 5.90. The third kappa shape index (κ3) is 4.19. The first-order valence-electron chi connectivity index (χ1n) is 9.66. The van der Waals surface area contributed by atoms with E-state index >= 15 is 0 Å². The van der Waals surface area contributed by atoms with Gasteiger partial charge in [-0.3, -0.25) is 14.4 Å². The van der Waals surface area contributed by atoms with E-state index in [-0.39, 0.29) is 18.4 Å². The first-order valence-corrected chi connectivity index (χ1v) is 9.66. The van der Waals surface area contributed by atoms with Crippen molar-refractivity contribution in [1.82, 2.24) is 4.90 Å². The average molecular weight is 367 g/mol. The number of amides is 2. The summed E-state index contributed by atoms with van der Waals surface area (Å²) in [5.41, 5.74) is 1.69. The number of aryl methyl sites for hydroxylation is 1. The maximum atomic E-state index is 12.8. The lowest BCUT2D eigenvalue weighted by Gasteiger charge is -2.24. The highest BCUT2D eigenvalue weighted by atomic mass is 16.2. The number of carbonyl (C=O) groups is 3. The van der Waals surface area contributed by atoms with Crippen LogP contribution in [-0.4, -0.2) is 35.1 Å². The Labute approximate surface area is 159 Å². The molecule has 1 aliphatic carbocycles. The fourth-order valence-corrected chi connectivity index (χ4v) is 4.02. The van der Waals surface area contributed by atoms with Gasteiger partial charge < -0.3 is 10.2 Å². The van der Waals surface area contributed by atoms with Crippen molar-refractivity contribution in [3.05, 3.63) is 29.8 Å². The number of likely N-dealkylation sites (tertiary alicyclic amines) is 1. The van der Waals surface area contributed by atoms with Crippen LogP contribution in [0.15, 0.2) is 24.3 Å². The zero-order valence-corrected chi connectivity index (χ0v) is 15.6. The maximum absolute atomic E-state index is 12.8. The van der Waals surface area contributed by atoms with Crippen LogP contribution in [0, 0.1) is 23.2 Å². The van der Waals surface area contributed by atoms with Gasteiger partial charge in [0.2, 0.25) is 11.8 Å². The Morgan fingerprint density at radius 1 is 1.26 bits per heavy atom. The average Bonchev–Trinajstić information content (AvgIpc) is 3.32. The minimum atomic E-state index is -1.39. The fourth-order valence-electron chi connectivity index (χ4n) is 4.02. The number of carbonyl (C=O) groups excluding carboxylic acids is 3. The molecule has 0 spiro atoms. The van der Waals surface area contributed by atoms with Gasteiger partial charge in [0, 0.05) is 30.6 Å². The van der Waals surface area contributed by atoms with Crippen molar-refractivity contribution in [2.24, 2.45) is 11.8 Å². The van der Waals surface area contributed by atoms with Crippen LogP contribution in [-0.2, 0) is 20.8 Å². The van der Waals surface area contributed by atoms with Crippen molar-refractivity contribution in [3.8, 4) is 6.07 Å². The van der Waals surface area contributed by atoms with Crippen LogP contribution in [0.3, 0.4) is 0 Å². The summed E-state index contributed by atoms with van der Waals surface area (Å²) in [5.74, 6) is -3.08. The number of hydrogen-bond acceptors (Lipinski definition) is 4. The van der Waals surface area contributed by atoms with Gasteiger partial charge in [0.25, 0.3) is 0 Å². The maximum Gasteiger partial charge on any atom is 0.249 e. The van der Waals surface area contributed by atoms with E-state index in [2.05, 4.69) is 5.32 Å². The van der Waals surface area contributed by atoms with Crippen molar-refractivity contribution < 1.29 is 14.4 Å². The molecule has 142 valence electrons. The predicted octanol–water partition coefficient (Wildman–Crippen LogP) is 2.69. The first-order chi connectivity index (χ1) is 13.0. The van der Waals surface area contributed by atoms with Gasteiger partial charge in [0.15, 0.2) is 11.7 Å². The number of rotatable bonds is 6. The van der Waals surface area contributed by atoms with Gasteiger partial charge in [0.05, 0.1) is 6.07 Å². The summed E-state index contributed by atoms with van der Waals surface area (Å²) in [6.45, 7) is 2.37. The molecule has 27 heavy (non-hydrogen) atoms. The topological polar surface area (TPSA) is 90.3 Å². The predicted molar refractivity (Wildman–Crippen MR) is 101 cm³/mol. The lowest BCUT2D eigenvalue weighted by Crippen LogP contribution is -2.37. The summed E-state index contributed by atoms with van der Waals surface area (Å²) in [4.78, 5) is 39.3. The van der Waals surface area contributed by atoms with E-state index in [9.17, 15) is 19.6 Å². The molecule has 6 heteroatoms. The van der Waals surface area contributed by atoms with E-state index in [1.54, 1.807) is 17.0 Å². The molecule has 1 aromatic rings. The van der Waals surface area contributed by atoms with Crippen LogP contribution in [0.5, 0.6) is 0 Å². The lowest BCUT2D eigenvalue weighted by molar-refractivity contribution is -0.132. The molecular formula is C21H25N3O3. The van der Waals surface area contributed by atoms with E-state index in [0.29, 0.717) is 12.2 Å². The molecule has 1 aliphatic heterocycles. The number of nitrogens with one attached hydrogen (secondary N) is 1. The van der Waals surface area contributed by atoms with Gasteiger partial charge in [-0.2, -0.15) is 5.26 Å². The molecule has 0 radical (unpaired) electrons. The molecule has 3 rings (SSSR count). The second kappa shape index (κ2) is 8.34. The normalized spacial score (nSPS) is 21.1. The molecule has 1 N–H and O–H groups in total. The number of benzene rings is 1. The Hall–Kier alpha value is -2.68. The molecular weight excluding hydrogens is 342 g/mol. The van der Waals surface area contributed by atoms with E-state index in [0.717, 1.165) is 37.7 Å². The standard InChI is InChI=1S/C21H25N3O3/c1-2-14-7-9-16(10-8-14)23-21(27)18(12-22)20(26)15-11-19(25)24(13-15)17-5-3-4-6-17/h7-10,15,17-18H,2-6,11,13H2,1H3,(H,23,27). The highest BCUT2D eigenvalue weighted by molar-refractivity contribution is 6.11. The van der Waals surface area contributed by atoms with Crippen LogP contribution < -0.4 is 5.32 Å². The first kappa shape index (κ1) is 19.1. The Morgan fingerprint density at radius 3 is 2.52 bits per heavy atom. The number of nitrogens with zero attached hydrogens (tertiary/aromatic N) is 2. The van der Waals surface area contributed by atoms with Crippen molar-refractivity contribution in [1.29, 1.82) is 5.26 Å². The monoisotopic (exact) mass is 367 g/mol. The zero-order chi connectivity index (χ0) is 19.4. The van der Waals surface area contributed by atoms with Crippen LogP contribution >= 0.6 is 0 Å². The summed E-state index contributed by atoms with van der Waals surface area (Å²) in [5, 5.41) is 12.0. The molecule has 0 aromatic heterocycles. The minimum absolute atomic E-state index is 0.0347. The highest BCUT2D eigenvalue weighted by Gasteiger charge is 2.42. The smallest absolute Gasteiger partial charge is 0.249 e. The van der Waals surface area contributed by atoms with E-state index in [1.165, 1.54) is 0 Å². The molecule has 1 heterocycles. The zero-order valence-electron chi connectivity index (χ0n) is 15.6. The molecule has 2 aliphatic rings. The number of Topliss-reactive ketones (excluding diaryl/α,β-unsaturated/α-hetero) is 1. The Morgan fingerprint density at radius 2 is 1.93 bits per heavy atom. The molecule has 6 nitrogen and oxygen atoms in total. The summed E-state index contributed by atoms with van der Waals surface area (Å²) in [6, 6.07) is 9.35. The number of hydrogen-bond donors (Lipinski definition) is 1. The lowest BCUT2D eigenvalue weighted by atomic mass is 9.92. The molecule has 1 saturated carbocycles. The third-order valence-electron chi connectivity index (χ3n) is 5.63. The number of ketones is 1. The molecule has 2 atom stereocenters. The van der Waals surface area contributed by atoms with Gasteiger partial charge in [-0.25, -0.2) is 0 Å². The van der Waals surface area contributed by atoms with Gasteiger partial charge in [0.1, 0.15) is 0 Å². The minimum Gasteiger partial charge on any atom is -0.339 e. The van der Waals surface area contributed by atoms with Crippen molar-refractivity contribution in [2.75, 3.05) is 11.9 Å². The Balaban J connectivity index is 1.63. The van der Waals surface area contributed by atoms with Crippen LogP contribution in [0.25, 0.3) is 0 Å². The summed E-state index contributed by atoms with van der Waals surface area (Å²) < 4.78 is 0.